The molecule has 1 amide bonds. The van der Waals surface area contributed by atoms with E-state index in [1.54, 1.807) is 0 Å². The van der Waals surface area contributed by atoms with Gasteiger partial charge in [-0.05, 0) is 65.5 Å². The Morgan fingerprint density at radius 2 is 1.64 bits per heavy atom. The molecule has 1 aliphatic carbocycles. The zero-order valence-electron chi connectivity index (χ0n) is 18.1. The number of piperidine rings is 1. The molecule has 2 rings (SSSR count). The summed E-state index contributed by atoms with van der Waals surface area (Å²) in [6, 6.07) is 0.603. The van der Waals surface area contributed by atoms with E-state index in [0.717, 1.165) is 51.6 Å². The van der Waals surface area contributed by atoms with Crippen molar-refractivity contribution in [2.75, 3.05) is 39.5 Å². The van der Waals surface area contributed by atoms with E-state index in [0.29, 0.717) is 50.5 Å². The molecule has 2 aliphatic rings. The number of hydrogen-bond donors (Lipinski definition) is 1. The van der Waals surface area contributed by atoms with Gasteiger partial charge in [0.25, 0.3) is 0 Å². The summed E-state index contributed by atoms with van der Waals surface area (Å²) in [5, 5.41) is 3.01. The first-order valence-electron chi connectivity index (χ1n) is 11.2. The van der Waals surface area contributed by atoms with Crippen molar-refractivity contribution in [3.63, 3.8) is 0 Å². The molecule has 0 aromatic carbocycles. The summed E-state index contributed by atoms with van der Waals surface area (Å²) >= 11 is 0. The molecule has 0 spiro atoms. The lowest BCUT2D eigenvalue weighted by Crippen LogP contribution is -2.46. The summed E-state index contributed by atoms with van der Waals surface area (Å²) in [5.74, 6) is 1.02. The molecule has 162 valence electrons. The highest BCUT2D eigenvalue weighted by molar-refractivity contribution is 5.80. The maximum atomic E-state index is 12.4. The second kappa shape index (κ2) is 12.6. The van der Waals surface area contributed by atoms with E-state index in [9.17, 15) is 9.59 Å². The fourth-order valence-corrected chi connectivity index (χ4v) is 4.41. The minimum absolute atomic E-state index is 0.124. The summed E-state index contributed by atoms with van der Waals surface area (Å²) < 4.78 is 10.9. The lowest BCUT2D eigenvalue weighted by molar-refractivity contribution is -0.127. The van der Waals surface area contributed by atoms with Gasteiger partial charge in [0.1, 0.15) is 5.78 Å². The third-order valence-corrected chi connectivity index (χ3v) is 6.14. The van der Waals surface area contributed by atoms with Crippen molar-refractivity contribution in [2.45, 2.75) is 77.9 Å². The highest BCUT2D eigenvalue weighted by Gasteiger charge is 2.32. The fourth-order valence-electron chi connectivity index (χ4n) is 4.41. The Balaban J connectivity index is 1.55. The largest absolute Gasteiger partial charge is 0.377 e. The molecular formula is C22H40N2O4. The third-order valence-electron chi connectivity index (χ3n) is 6.14. The number of amides is 1. The standard InChI is InChI=1S/C22H40N2O4/c1-4-21(25)18-5-7-20(8-6-18)24-12-9-19(10-13-24)22(26)23-11-14-27-15-16-28-17(2)3/h17-20H,4-16H2,1-3H3,(H,23,26). The van der Waals surface area contributed by atoms with Crippen molar-refractivity contribution >= 4 is 11.7 Å². The van der Waals surface area contributed by atoms with Crippen LogP contribution in [0.3, 0.4) is 0 Å². The Morgan fingerprint density at radius 3 is 2.25 bits per heavy atom. The first kappa shape index (κ1) is 23.3. The quantitative estimate of drug-likeness (QED) is 0.544. The summed E-state index contributed by atoms with van der Waals surface area (Å²) in [6.07, 6.45) is 7.11. The third kappa shape index (κ3) is 7.80. The van der Waals surface area contributed by atoms with E-state index < -0.39 is 0 Å². The highest BCUT2D eigenvalue weighted by Crippen LogP contribution is 2.31. The van der Waals surface area contributed by atoms with Crippen molar-refractivity contribution in [3.8, 4) is 0 Å². The van der Waals surface area contributed by atoms with Gasteiger partial charge in [-0.25, -0.2) is 0 Å². The number of carbonyl (C=O) groups excluding carboxylic acids is 2. The number of ether oxygens (including phenoxy) is 2. The summed E-state index contributed by atoms with van der Waals surface area (Å²) in [7, 11) is 0. The number of nitrogens with zero attached hydrogens (tertiary/aromatic N) is 1. The normalized spacial score (nSPS) is 24.4. The highest BCUT2D eigenvalue weighted by atomic mass is 16.5. The van der Waals surface area contributed by atoms with Crippen LogP contribution in [0.15, 0.2) is 0 Å². The van der Waals surface area contributed by atoms with Gasteiger partial charge in [-0.15, -0.1) is 0 Å². The molecule has 0 bridgehead atoms. The van der Waals surface area contributed by atoms with Gasteiger partial charge in [-0.3, -0.25) is 9.59 Å². The lowest BCUT2D eigenvalue weighted by Gasteiger charge is -2.40. The van der Waals surface area contributed by atoms with Crippen LogP contribution in [0.1, 0.15) is 65.7 Å². The molecule has 1 saturated heterocycles. The monoisotopic (exact) mass is 396 g/mol. The van der Waals surface area contributed by atoms with Crippen LogP contribution in [0.25, 0.3) is 0 Å². The maximum absolute atomic E-state index is 12.4. The van der Waals surface area contributed by atoms with Crippen molar-refractivity contribution in [1.29, 1.82) is 0 Å². The van der Waals surface area contributed by atoms with Crippen LogP contribution in [0.5, 0.6) is 0 Å². The van der Waals surface area contributed by atoms with Crippen LogP contribution in [-0.4, -0.2) is 68.2 Å². The SMILES string of the molecule is CCC(=O)C1CCC(N2CCC(C(=O)NCCOCCOC(C)C)CC2)CC1. The van der Waals surface area contributed by atoms with E-state index in [4.69, 9.17) is 9.47 Å². The minimum Gasteiger partial charge on any atom is -0.377 e. The number of ketones is 1. The summed E-state index contributed by atoms with van der Waals surface area (Å²) in [4.78, 5) is 26.8. The average Bonchev–Trinajstić information content (AvgIpc) is 2.72. The predicted octanol–water partition coefficient (Wildman–Crippen LogP) is 2.79. The first-order chi connectivity index (χ1) is 13.5. The van der Waals surface area contributed by atoms with Crippen molar-refractivity contribution in [2.24, 2.45) is 11.8 Å². The van der Waals surface area contributed by atoms with Gasteiger partial charge in [0.05, 0.1) is 25.9 Å². The molecule has 6 nitrogen and oxygen atoms in total. The Labute approximate surface area is 170 Å². The van der Waals surface area contributed by atoms with Crippen LogP contribution in [0.4, 0.5) is 0 Å². The van der Waals surface area contributed by atoms with Gasteiger partial charge in [0, 0.05) is 30.8 Å². The maximum Gasteiger partial charge on any atom is 0.223 e. The van der Waals surface area contributed by atoms with E-state index in [1.807, 2.05) is 20.8 Å². The molecule has 2 fully saturated rings. The second-order valence-electron chi connectivity index (χ2n) is 8.46. The van der Waals surface area contributed by atoms with Crippen LogP contribution < -0.4 is 5.32 Å². The lowest BCUT2D eigenvalue weighted by atomic mass is 9.81. The van der Waals surface area contributed by atoms with Gasteiger partial charge in [0.15, 0.2) is 0 Å². The van der Waals surface area contributed by atoms with Crippen LogP contribution in [-0.2, 0) is 19.1 Å². The van der Waals surface area contributed by atoms with Crippen molar-refractivity contribution < 1.29 is 19.1 Å². The molecule has 28 heavy (non-hydrogen) atoms. The number of Topliss-reactive ketones (excluding diaryl/α,β-unsaturated/α-hetero) is 1. The Bertz CT molecular complexity index is 467. The molecule has 0 aromatic heterocycles. The molecule has 6 heteroatoms. The number of nitrogens with one attached hydrogen (secondary N) is 1. The van der Waals surface area contributed by atoms with Crippen LogP contribution >= 0.6 is 0 Å². The average molecular weight is 397 g/mol. The topological polar surface area (TPSA) is 67.9 Å². The molecule has 1 N–H and O–H groups in total. The number of likely N-dealkylation sites (tertiary alicyclic amines) is 1. The molecule has 1 heterocycles. The van der Waals surface area contributed by atoms with Gasteiger partial charge in [-0.1, -0.05) is 6.92 Å². The van der Waals surface area contributed by atoms with Crippen LogP contribution in [0, 0.1) is 11.8 Å². The number of rotatable bonds is 11. The summed E-state index contributed by atoms with van der Waals surface area (Å²) in [5.41, 5.74) is 0. The summed E-state index contributed by atoms with van der Waals surface area (Å²) in [6.45, 7) is 10.2. The molecule has 1 aliphatic heterocycles. The van der Waals surface area contributed by atoms with E-state index in [2.05, 4.69) is 10.2 Å². The molecule has 0 unspecified atom stereocenters. The number of carbonyl (C=O) groups is 2. The zero-order valence-corrected chi connectivity index (χ0v) is 18.1. The van der Waals surface area contributed by atoms with Gasteiger partial charge in [-0.2, -0.15) is 0 Å². The Morgan fingerprint density at radius 1 is 0.964 bits per heavy atom. The Kier molecular flexibility index (Phi) is 10.4. The van der Waals surface area contributed by atoms with Gasteiger partial charge in [0.2, 0.25) is 5.91 Å². The second-order valence-corrected chi connectivity index (χ2v) is 8.46. The van der Waals surface area contributed by atoms with Gasteiger partial charge >= 0.3 is 0 Å². The smallest absolute Gasteiger partial charge is 0.223 e. The molecule has 0 atom stereocenters. The first-order valence-corrected chi connectivity index (χ1v) is 11.2. The molecule has 0 radical (unpaired) electrons. The van der Waals surface area contributed by atoms with Gasteiger partial charge < -0.3 is 19.7 Å². The minimum atomic E-state index is 0.124. The zero-order chi connectivity index (χ0) is 20.4. The molecular weight excluding hydrogens is 356 g/mol. The fraction of sp³-hybridized carbons (Fsp3) is 0.909. The van der Waals surface area contributed by atoms with Crippen LogP contribution in [0.2, 0.25) is 0 Å². The molecule has 0 aromatic rings. The predicted molar refractivity (Wildman–Crippen MR) is 110 cm³/mol. The van der Waals surface area contributed by atoms with E-state index in [1.165, 1.54) is 0 Å². The molecule has 1 saturated carbocycles. The van der Waals surface area contributed by atoms with Crippen molar-refractivity contribution in [3.05, 3.63) is 0 Å². The van der Waals surface area contributed by atoms with Crippen molar-refractivity contribution in [1.82, 2.24) is 10.2 Å². The van der Waals surface area contributed by atoms with E-state index >= 15 is 0 Å². The number of hydrogen-bond acceptors (Lipinski definition) is 5. The van der Waals surface area contributed by atoms with E-state index in [-0.39, 0.29) is 17.9 Å². The Hall–Kier alpha value is -0.980.